The number of thiophene rings is 1. The third kappa shape index (κ3) is 5.81. The third-order valence-electron chi connectivity index (χ3n) is 3.41. The third-order valence-corrected chi connectivity index (χ3v) is 5.96. The first-order valence-electron chi connectivity index (χ1n) is 7.15. The number of hydrogen-bond donors (Lipinski definition) is 1. The summed E-state index contributed by atoms with van der Waals surface area (Å²) in [5, 5.41) is 3.46. The smallest absolute Gasteiger partial charge is 0.193 e. The molecule has 0 atom stereocenters. The van der Waals surface area contributed by atoms with E-state index in [-0.39, 0.29) is 0 Å². The van der Waals surface area contributed by atoms with Crippen molar-refractivity contribution in [1.29, 1.82) is 0 Å². The lowest BCUT2D eigenvalue weighted by molar-refractivity contribution is 0.305. The van der Waals surface area contributed by atoms with Crippen LogP contribution in [-0.4, -0.2) is 67.5 Å². The number of thioether (sulfide) groups is 1. The quantitative estimate of drug-likeness (QED) is 0.618. The van der Waals surface area contributed by atoms with Gasteiger partial charge < -0.3 is 10.2 Å². The fraction of sp³-hybridized carbons (Fsp3) is 0.643. The Hall–Kier alpha value is -0.240. The molecular formula is C14H23BrN4S2. The molecule has 7 heteroatoms. The van der Waals surface area contributed by atoms with Crippen molar-refractivity contribution >= 4 is 45.0 Å². The molecule has 0 unspecified atom stereocenters. The van der Waals surface area contributed by atoms with Crippen molar-refractivity contribution in [3.05, 3.63) is 20.8 Å². The van der Waals surface area contributed by atoms with Crippen LogP contribution in [0.25, 0.3) is 0 Å². The van der Waals surface area contributed by atoms with Crippen LogP contribution in [0.2, 0.25) is 0 Å². The molecule has 21 heavy (non-hydrogen) atoms. The molecule has 0 spiro atoms. The van der Waals surface area contributed by atoms with Gasteiger partial charge in [-0.3, -0.25) is 9.89 Å². The monoisotopic (exact) mass is 390 g/mol. The van der Waals surface area contributed by atoms with Crippen molar-refractivity contribution in [3.8, 4) is 0 Å². The van der Waals surface area contributed by atoms with Gasteiger partial charge in [-0.2, -0.15) is 11.8 Å². The summed E-state index contributed by atoms with van der Waals surface area (Å²) in [5.41, 5.74) is 0. The number of halogens is 1. The van der Waals surface area contributed by atoms with Crippen molar-refractivity contribution in [1.82, 2.24) is 15.1 Å². The minimum atomic E-state index is 0.885. The van der Waals surface area contributed by atoms with Gasteiger partial charge in [-0.1, -0.05) is 0 Å². The molecule has 0 radical (unpaired) electrons. The van der Waals surface area contributed by atoms with Gasteiger partial charge in [0, 0.05) is 56.7 Å². The number of rotatable bonds is 5. The molecule has 1 aliphatic heterocycles. The van der Waals surface area contributed by atoms with Crippen molar-refractivity contribution in [3.63, 3.8) is 0 Å². The predicted octanol–water partition coefficient (Wildman–Crippen LogP) is 2.57. The summed E-state index contributed by atoms with van der Waals surface area (Å²) < 4.78 is 1.18. The Morgan fingerprint density at radius 2 is 2.19 bits per heavy atom. The lowest BCUT2D eigenvalue weighted by atomic mass is 10.4. The summed E-state index contributed by atoms with van der Waals surface area (Å²) in [7, 11) is 3.93. The van der Waals surface area contributed by atoms with Crippen molar-refractivity contribution in [2.24, 2.45) is 4.99 Å². The fourth-order valence-electron chi connectivity index (χ4n) is 2.28. The molecule has 1 aromatic rings. The van der Waals surface area contributed by atoms with Crippen LogP contribution >= 0.6 is 39.0 Å². The minimum Gasteiger partial charge on any atom is -0.355 e. The van der Waals surface area contributed by atoms with Crippen LogP contribution in [0.5, 0.6) is 0 Å². The van der Waals surface area contributed by atoms with Crippen molar-refractivity contribution in [2.45, 2.75) is 6.54 Å². The van der Waals surface area contributed by atoms with E-state index in [2.05, 4.69) is 67.0 Å². The zero-order valence-corrected chi connectivity index (χ0v) is 15.9. The molecule has 1 N–H and O–H groups in total. The summed E-state index contributed by atoms with van der Waals surface area (Å²) >= 11 is 7.34. The van der Waals surface area contributed by atoms with E-state index in [0.717, 1.165) is 25.6 Å². The standard InChI is InChI=1S/C14H23BrN4S2/c1-16-14(17-5-6-19-7-9-20-10-8-19)18(2)11-12-3-4-13(15)21-12/h3-4H,5-11H2,1-2H3,(H,16,17). The molecular weight excluding hydrogens is 368 g/mol. The van der Waals surface area contributed by atoms with Gasteiger partial charge in [0.05, 0.1) is 10.3 Å². The lowest BCUT2D eigenvalue weighted by Crippen LogP contribution is -2.43. The first kappa shape index (κ1) is 17.1. The number of nitrogens with one attached hydrogen (secondary N) is 1. The van der Waals surface area contributed by atoms with Gasteiger partial charge in [-0.25, -0.2) is 0 Å². The molecule has 0 amide bonds. The average molecular weight is 391 g/mol. The Morgan fingerprint density at radius 1 is 1.43 bits per heavy atom. The first-order chi connectivity index (χ1) is 10.2. The Bertz CT molecular complexity index is 458. The Labute approximate surface area is 144 Å². The topological polar surface area (TPSA) is 30.9 Å². The normalized spacial score (nSPS) is 17.0. The summed E-state index contributed by atoms with van der Waals surface area (Å²) in [5.74, 6) is 3.50. The second kappa shape index (κ2) is 9.02. The van der Waals surface area contributed by atoms with Gasteiger partial charge in [0.25, 0.3) is 0 Å². The second-order valence-electron chi connectivity index (χ2n) is 4.99. The van der Waals surface area contributed by atoms with Crippen LogP contribution in [0.15, 0.2) is 20.9 Å². The molecule has 4 nitrogen and oxygen atoms in total. The van der Waals surface area contributed by atoms with E-state index in [1.54, 1.807) is 11.3 Å². The van der Waals surface area contributed by atoms with Crippen LogP contribution in [-0.2, 0) is 6.54 Å². The molecule has 0 aliphatic carbocycles. The van der Waals surface area contributed by atoms with Crippen molar-refractivity contribution < 1.29 is 0 Å². The maximum absolute atomic E-state index is 4.38. The maximum Gasteiger partial charge on any atom is 0.193 e. The lowest BCUT2D eigenvalue weighted by Gasteiger charge is -2.27. The minimum absolute atomic E-state index is 0.885. The Morgan fingerprint density at radius 3 is 2.81 bits per heavy atom. The Kier molecular flexibility index (Phi) is 7.36. The average Bonchev–Trinajstić information content (AvgIpc) is 2.89. The van der Waals surface area contributed by atoms with E-state index in [1.165, 1.54) is 33.3 Å². The zero-order chi connectivity index (χ0) is 15.1. The summed E-state index contributed by atoms with van der Waals surface area (Å²) in [6, 6.07) is 4.25. The summed E-state index contributed by atoms with van der Waals surface area (Å²) in [4.78, 5) is 10.4. The van der Waals surface area contributed by atoms with E-state index >= 15 is 0 Å². The first-order valence-corrected chi connectivity index (χ1v) is 9.91. The van der Waals surface area contributed by atoms with Crippen LogP contribution in [0, 0.1) is 0 Å². The highest BCUT2D eigenvalue weighted by Crippen LogP contribution is 2.22. The highest BCUT2D eigenvalue weighted by atomic mass is 79.9. The number of guanidine groups is 1. The summed E-state index contributed by atoms with van der Waals surface area (Å²) in [6.07, 6.45) is 0. The van der Waals surface area contributed by atoms with Crippen LogP contribution in [0.4, 0.5) is 0 Å². The number of nitrogens with zero attached hydrogens (tertiary/aromatic N) is 3. The maximum atomic E-state index is 4.38. The molecule has 2 rings (SSSR count). The predicted molar refractivity (Wildman–Crippen MR) is 98.6 cm³/mol. The molecule has 0 aromatic carbocycles. The van der Waals surface area contributed by atoms with Gasteiger partial charge in [0.1, 0.15) is 0 Å². The van der Waals surface area contributed by atoms with E-state index in [9.17, 15) is 0 Å². The fourth-order valence-corrected chi connectivity index (χ4v) is 4.80. The number of hydrogen-bond acceptors (Lipinski definition) is 4. The molecule has 1 aliphatic rings. The molecule has 0 bridgehead atoms. The van der Waals surface area contributed by atoms with E-state index in [1.807, 2.05) is 7.05 Å². The second-order valence-corrected chi connectivity index (χ2v) is 8.76. The van der Waals surface area contributed by atoms with Gasteiger partial charge in [0.15, 0.2) is 5.96 Å². The van der Waals surface area contributed by atoms with Gasteiger partial charge in [-0.05, 0) is 28.1 Å². The number of aliphatic imine (C=N–C) groups is 1. The van der Waals surface area contributed by atoms with Crippen LogP contribution in [0.1, 0.15) is 4.88 Å². The van der Waals surface area contributed by atoms with E-state index in [0.29, 0.717) is 0 Å². The Balaban J connectivity index is 1.74. The van der Waals surface area contributed by atoms with Gasteiger partial charge in [-0.15, -0.1) is 11.3 Å². The molecule has 2 heterocycles. The zero-order valence-electron chi connectivity index (χ0n) is 12.6. The van der Waals surface area contributed by atoms with Crippen molar-refractivity contribution in [2.75, 3.05) is 51.8 Å². The van der Waals surface area contributed by atoms with Gasteiger partial charge in [0.2, 0.25) is 0 Å². The summed E-state index contributed by atoms with van der Waals surface area (Å²) in [6.45, 7) is 5.36. The molecule has 1 aromatic heterocycles. The van der Waals surface area contributed by atoms with Crippen LogP contribution < -0.4 is 5.32 Å². The van der Waals surface area contributed by atoms with Crippen LogP contribution in [0.3, 0.4) is 0 Å². The van der Waals surface area contributed by atoms with E-state index in [4.69, 9.17) is 0 Å². The molecule has 0 saturated carbocycles. The molecule has 1 fully saturated rings. The highest BCUT2D eigenvalue weighted by molar-refractivity contribution is 9.11. The van der Waals surface area contributed by atoms with Gasteiger partial charge >= 0.3 is 0 Å². The highest BCUT2D eigenvalue weighted by Gasteiger charge is 2.11. The molecule has 118 valence electrons. The van der Waals surface area contributed by atoms with E-state index < -0.39 is 0 Å². The largest absolute Gasteiger partial charge is 0.355 e. The SMILES string of the molecule is CN=C(NCCN1CCSCC1)N(C)Cc1ccc(Br)s1. The molecule has 1 saturated heterocycles.